The van der Waals surface area contributed by atoms with E-state index in [1.807, 2.05) is 12.1 Å². The second-order valence-corrected chi connectivity index (χ2v) is 6.00. The molecule has 24 heavy (non-hydrogen) atoms. The molecule has 1 aromatic heterocycles. The van der Waals surface area contributed by atoms with Crippen molar-refractivity contribution in [3.8, 4) is 11.3 Å². The van der Waals surface area contributed by atoms with Crippen LogP contribution in [-0.4, -0.2) is 11.6 Å². The molecule has 0 N–H and O–H groups in total. The summed E-state index contributed by atoms with van der Waals surface area (Å²) in [7, 11) is 0. The molecule has 0 bridgehead atoms. The maximum atomic E-state index is 12.6. The Bertz CT molecular complexity index is 893. The van der Waals surface area contributed by atoms with Gasteiger partial charge in [-0.3, -0.25) is 9.59 Å². The van der Waals surface area contributed by atoms with Crippen LogP contribution in [0.25, 0.3) is 11.3 Å². The Morgan fingerprint density at radius 2 is 1.50 bits per heavy atom. The molecule has 3 heteroatoms. The number of carbonyl (C=O) groups is 2. The summed E-state index contributed by atoms with van der Waals surface area (Å²) < 4.78 is 5.76. The van der Waals surface area contributed by atoms with Crippen molar-refractivity contribution in [3.63, 3.8) is 0 Å². The van der Waals surface area contributed by atoms with E-state index in [-0.39, 0.29) is 17.3 Å². The smallest absolute Gasteiger partial charge is 0.229 e. The van der Waals surface area contributed by atoms with E-state index in [9.17, 15) is 9.59 Å². The highest BCUT2D eigenvalue weighted by Crippen LogP contribution is 2.33. The van der Waals surface area contributed by atoms with Gasteiger partial charge >= 0.3 is 0 Å². The Balaban J connectivity index is 1.77. The zero-order valence-electron chi connectivity index (χ0n) is 13.3. The van der Waals surface area contributed by atoms with Crippen LogP contribution in [0.1, 0.15) is 50.9 Å². The van der Waals surface area contributed by atoms with E-state index in [1.165, 1.54) is 5.56 Å². The van der Waals surface area contributed by atoms with E-state index in [0.717, 1.165) is 18.4 Å². The number of furan rings is 1. The van der Waals surface area contributed by atoms with Crippen LogP contribution in [0.5, 0.6) is 0 Å². The summed E-state index contributed by atoms with van der Waals surface area (Å²) in [6, 6.07) is 16.6. The van der Waals surface area contributed by atoms with E-state index in [0.29, 0.717) is 22.5 Å². The van der Waals surface area contributed by atoms with Crippen LogP contribution in [0.4, 0.5) is 0 Å². The molecule has 0 fully saturated rings. The number of hydrogen-bond acceptors (Lipinski definition) is 3. The van der Waals surface area contributed by atoms with E-state index in [1.54, 1.807) is 30.3 Å². The summed E-state index contributed by atoms with van der Waals surface area (Å²) in [5, 5.41) is 0. The van der Waals surface area contributed by atoms with Gasteiger partial charge in [-0.2, -0.15) is 0 Å². The molecule has 2 aromatic carbocycles. The second-order valence-electron chi connectivity index (χ2n) is 6.00. The first kappa shape index (κ1) is 14.6. The molecule has 1 aliphatic carbocycles. The van der Waals surface area contributed by atoms with Crippen molar-refractivity contribution < 1.29 is 14.0 Å². The molecule has 0 amide bonds. The Morgan fingerprint density at radius 1 is 0.833 bits per heavy atom. The molecule has 0 unspecified atom stereocenters. The van der Waals surface area contributed by atoms with Gasteiger partial charge in [0, 0.05) is 16.7 Å². The fourth-order valence-corrected chi connectivity index (χ4v) is 3.14. The van der Waals surface area contributed by atoms with E-state index >= 15 is 0 Å². The molecule has 0 atom stereocenters. The van der Waals surface area contributed by atoms with Crippen LogP contribution < -0.4 is 0 Å². The number of rotatable bonds is 3. The summed E-state index contributed by atoms with van der Waals surface area (Å²) in [6.45, 7) is 2.14. The van der Waals surface area contributed by atoms with Crippen molar-refractivity contribution in [2.75, 3.05) is 0 Å². The van der Waals surface area contributed by atoms with Crippen molar-refractivity contribution in [2.45, 2.75) is 19.8 Å². The fraction of sp³-hybridized carbons (Fsp3) is 0.143. The largest absolute Gasteiger partial charge is 0.452 e. The van der Waals surface area contributed by atoms with E-state index < -0.39 is 0 Å². The van der Waals surface area contributed by atoms with Gasteiger partial charge in [-0.1, -0.05) is 61.9 Å². The molecule has 0 spiro atoms. The van der Waals surface area contributed by atoms with Crippen molar-refractivity contribution in [2.24, 2.45) is 0 Å². The average molecular weight is 316 g/mol. The minimum atomic E-state index is -0.228. The third-order valence-corrected chi connectivity index (χ3v) is 4.38. The van der Waals surface area contributed by atoms with Gasteiger partial charge < -0.3 is 4.42 Å². The molecule has 4 rings (SSSR count). The number of hydrogen-bond donors (Lipinski definition) is 0. The molecule has 1 heterocycles. The molecule has 3 aromatic rings. The van der Waals surface area contributed by atoms with Gasteiger partial charge in [0.05, 0.1) is 5.56 Å². The van der Waals surface area contributed by atoms with Crippen LogP contribution in [0.2, 0.25) is 0 Å². The normalized spacial score (nSPS) is 12.9. The third kappa shape index (κ3) is 2.21. The predicted octanol–water partition coefficient (Wildman–Crippen LogP) is 4.67. The lowest BCUT2D eigenvalue weighted by Crippen LogP contribution is -2.18. The molecule has 0 aliphatic heterocycles. The van der Waals surface area contributed by atoms with Gasteiger partial charge in [-0.25, -0.2) is 0 Å². The molecule has 0 radical (unpaired) electrons. The zero-order chi connectivity index (χ0) is 16.7. The lowest BCUT2D eigenvalue weighted by atomic mass is 9.88. The number of aryl methyl sites for hydroxylation is 1. The van der Waals surface area contributed by atoms with Gasteiger partial charge in [0.1, 0.15) is 5.76 Å². The predicted molar refractivity (Wildman–Crippen MR) is 91.4 cm³/mol. The fourth-order valence-electron chi connectivity index (χ4n) is 3.14. The highest BCUT2D eigenvalue weighted by molar-refractivity contribution is 6.27. The van der Waals surface area contributed by atoms with Crippen LogP contribution in [-0.2, 0) is 6.42 Å². The SMILES string of the molecule is CCCc1ccc(-c2cc3c(o2)C(=O)c2ccccc2C3=O)cc1. The maximum absolute atomic E-state index is 12.6. The number of benzene rings is 2. The number of fused-ring (bicyclic) bond motifs is 2. The molecule has 118 valence electrons. The highest BCUT2D eigenvalue weighted by atomic mass is 16.3. The van der Waals surface area contributed by atoms with Crippen LogP contribution in [0.3, 0.4) is 0 Å². The third-order valence-electron chi connectivity index (χ3n) is 4.38. The van der Waals surface area contributed by atoms with Gasteiger partial charge in [-0.15, -0.1) is 0 Å². The Kier molecular flexibility index (Phi) is 3.42. The lowest BCUT2D eigenvalue weighted by molar-refractivity contribution is 0.0961. The van der Waals surface area contributed by atoms with Gasteiger partial charge in [0.2, 0.25) is 5.78 Å². The lowest BCUT2D eigenvalue weighted by Gasteiger charge is -2.11. The first-order valence-corrected chi connectivity index (χ1v) is 8.10. The molecule has 0 saturated carbocycles. The Labute approximate surface area is 139 Å². The molecule has 3 nitrogen and oxygen atoms in total. The minimum Gasteiger partial charge on any atom is -0.452 e. The van der Waals surface area contributed by atoms with Crippen molar-refractivity contribution >= 4 is 11.6 Å². The van der Waals surface area contributed by atoms with Gasteiger partial charge in [0.15, 0.2) is 11.5 Å². The number of ketones is 2. The molecule has 1 aliphatic rings. The van der Waals surface area contributed by atoms with Crippen molar-refractivity contribution in [1.82, 2.24) is 0 Å². The van der Waals surface area contributed by atoms with Crippen LogP contribution in [0, 0.1) is 0 Å². The first-order chi connectivity index (χ1) is 11.7. The molecular weight excluding hydrogens is 300 g/mol. The minimum absolute atomic E-state index is 0.145. The Hall–Kier alpha value is -2.94. The number of carbonyl (C=O) groups excluding carboxylic acids is 2. The van der Waals surface area contributed by atoms with E-state index in [4.69, 9.17) is 4.42 Å². The monoisotopic (exact) mass is 316 g/mol. The van der Waals surface area contributed by atoms with Gasteiger partial charge in [-0.05, 0) is 18.1 Å². The quantitative estimate of drug-likeness (QED) is 0.551. The van der Waals surface area contributed by atoms with Crippen molar-refractivity contribution in [3.05, 3.63) is 82.6 Å². The van der Waals surface area contributed by atoms with Gasteiger partial charge in [0.25, 0.3) is 0 Å². The average Bonchev–Trinajstić information content (AvgIpc) is 3.06. The zero-order valence-corrected chi connectivity index (χ0v) is 13.3. The highest BCUT2D eigenvalue weighted by Gasteiger charge is 2.33. The summed E-state index contributed by atoms with van der Waals surface area (Å²) in [5.74, 6) is 0.316. The van der Waals surface area contributed by atoms with Crippen LogP contribution in [0.15, 0.2) is 59.0 Å². The second kappa shape index (κ2) is 5.60. The summed E-state index contributed by atoms with van der Waals surface area (Å²) >= 11 is 0. The molecule has 0 saturated heterocycles. The van der Waals surface area contributed by atoms with E-state index in [2.05, 4.69) is 19.1 Å². The first-order valence-electron chi connectivity index (χ1n) is 8.10. The van der Waals surface area contributed by atoms with Crippen molar-refractivity contribution in [1.29, 1.82) is 0 Å². The summed E-state index contributed by atoms with van der Waals surface area (Å²) in [4.78, 5) is 25.2. The van der Waals surface area contributed by atoms with Crippen LogP contribution >= 0.6 is 0 Å². The summed E-state index contributed by atoms with van der Waals surface area (Å²) in [5.41, 5.74) is 3.34. The summed E-state index contributed by atoms with van der Waals surface area (Å²) in [6.07, 6.45) is 2.12. The topological polar surface area (TPSA) is 47.3 Å². The molecular formula is C21H16O3. The standard InChI is InChI=1S/C21H16O3/c1-2-5-13-8-10-14(11-9-13)18-12-17-19(22)15-6-3-4-7-16(15)20(23)21(17)24-18/h3-4,6-12H,2,5H2,1H3. The maximum Gasteiger partial charge on any atom is 0.229 e. The Morgan fingerprint density at radius 3 is 2.17 bits per heavy atom.